The molecule has 0 amide bonds. The lowest BCUT2D eigenvalue weighted by atomic mass is 9.43. The molecule has 10 atom stereocenters. The molecular weight excluding hydrogens is 332 g/mol. The number of hydrogen-bond donors (Lipinski definition) is 5. The van der Waals surface area contributed by atoms with Crippen molar-refractivity contribution in [2.24, 2.45) is 34.5 Å². The maximum absolute atomic E-state index is 11.3. The predicted octanol–water partition coefficient (Wildman–Crippen LogP) is 1.45. The lowest BCUT2D eigenvalue weighted by Crippen LogP contribution is -2.64. The molecule has 0 unspecified atom stereocenters. The molecule has 5 nitrogen and oxygen atoms in total. The number of hydrogen-bond acceptors (Lipinski definition) is 5. The van der Waals surface area contributed by atoms with Crippen molar-refractivity contribution in [1.82, 2.24) is 0 Å². The van der Waals surface area contributed by atoms with Crippen molar-refractivity contribution < 1.29 is 25.5 Å². The van der Waals surface area contributed by atoms with Crippen molar-refractivity contribution in [2.45, 2.75) is 89.1 Å². The van der Waals surface area contributed by atoms with E-state index >= 15 is 0 Å². The monoisotopic (exact) mass is 368 g/mol. The summed E-state index contributed by atoms with van der Waals surface area (Å²) in [7, 11) is 0. The molecule has 4 aliphatic rings. The Labute approximate surface area is 156 Å². The molecule has 0 radical (unpaired) electrons. The maximum atomic E-state index is 11.3. The summed E-state index contributed by atoms with van der Waals surface area (Å²) in [5, 5.41) is 52.5. The van der Waals surface area contributed by atoms with Crippen molar-refractivity contribution in [3.05, 3.63) is 0 Å². The highest BCUT2D eigenvalue weighted by Gasteiger charge is 2.68. The third kappa shape index (κ3) is 2.33. The standard InChI is InChI=1S/C21H36O5/c1-19-7-5-13(23)9-12(19)3-4-14-15-6-8-21(26,17(25)11-22)20(15,2)10-16(24)18(14)19/h12-18,22-26H,3-11H2,1-2H3/t12-,13-,14+,15+,16-,17-,18-,19+,20+,21+/m1/s1. The molecule has 0 aliphatic heterocycles. The average molecular weight is 369 g/mol. The predicted molar refractivity (Wildman–Crippen MR) is 97.2 cm³/mol. The van der Waals surface area contributed by atoms with Gasteiger partial charge in [-0.25, -0.2) is 0 Å². The van der Waals surface area contributed by atoms with E-state index in [9.17, 15) is 25.5 Å². The van der Waals surface area contributed by atoms with Crippen LogP contribution in [0.25, 0.3) is 0 Å². The van der Waals surface area contributed by atoms with Crippen molar-refractivity contribution in [3.8, 4) is 0 Å². The Kier molecular flexibility index (Phi) is 4.52. The Balaban J connectivity index is 1.68. The quantitative estimate of drug-likeness (QED) is 0.508. The van der Waals surface area contributed by atoms with E-state index in [1.165, 1.54) is 0 Å². The lowest BCUT2D eigenvalue weighted by Gasteiger charge is -2.63. The van der Waals surface area contributed by atoms with E-state index in [-0.39, 0.29) is 23.4 Å². The maximum Gasteiger partial charge on any atom is 0.106 e. The zero-order chi connectivity index (χ0) is 18.9. The van der Waals surface area contributed by atoms with Crippen LogP contribution in [0.5, 0.6) is 0 Å². The molecule has 5 N–H and O–H groups in total. The summed E-state index contributed by atoms with van der Waals surface area (Å²) >= 11 is 0. The molecule has 4 aliphatic carbocycles. The van der Waals surface area contributed by atoms with Gasteiger partial charge in [0.25, 0.3) is 0 Å². The average Bonchev–Trinajstić information content (AvgIpc) is 2.86. The highest BCUT2D eigenvalue weighted by Crippen LogP contribution is 2.68. The van der Waals surface area contributed by atoms with Crippen LogP contribution in [0.1, 0.15) is 65.2 Å². The molecule has 5 heteroatoms. The number of rotatable bonds is 2. The first-order chi connectivity index (χ1) is 12.2. The van der Waals surface area contributed by atoms with Gasteiger partial charge in [-0.05, 0) is 80.5 Å². The van der Waals surface area contributed by atoms with Crippen LogP contribution in [0.4, 0.5) is 0 Å². The molecule has 0 bridgehead atoms. The van der Waals surface area contributed by atoms with Crippen LogP contribution >= 0.6 is 0 Å². The van der Waals surface area contributed by atoms with Crippen LogP contribution in [0.3, 0.4) is 0 Å². The molecule has 0 aromatic carbocycles. The zero-order valence-electron chi connectivity index (χ0n) is 16.1. The fourth-order valence-electron chi connectivity index (χ4n) is 8.10. The molecule has 4 saturated carbocycles. The SMILES string of the molecule is C[C@]12CC[C@@H](O)C[C@H]1CC[C@@H]1[C@@H]2[C@H](O)C[C@@]2(C)[C@H]1CC[C@]2(O)[C@H](O)CO. The van der Waals surface area contributed by atoms with Gasteiger partial charge in [0.1, 0.15) is 6.10 Å². The molecule has 4 rings (SSSR count). The minimum atomic E-state index is -1.32. The fourth-order valence-corrected chi connectivity index (χ4v) is 8.10. The largest absolute Gasteiger partial charge is 0.394 e. The third-order valence-corrected chi connectivity index (χ3v) is 9.51. The molecule has 0 aromatic heterocycles. The van der Waals surface area contributed by atoms with E-state index < -0.39 is 29.8 Å². The smallest absolute Gasteiger partial charge is 0.106 e. The van der Waals surface area contributed by atoms with E-state index in [1.54, 1.807) is 0 Å². The molecular formula is C21H36O5. The van der Waals surface area contributed by atoms with Crippen LogP contribution in [-0.2, 0) is 0 Å². The number of aliphatic hydroxyl groups is 5. The highest BCUT2D eigenvalue weighted by molar-refractivity contribution is 5.17. The molecule has 0 saturated heterocycles. The summed E-state index contributed by atoms with van der Waals surface area (Å²) in [4.78, 5) is 0. The van der Waals surface area contributed by atoms with Gasteiger partial charge in [-0.3, -0.25) is 0 Å². The summed E-state index contributed by atoms with van der Waals surface area (Å²) in [5.41, 5.74) is -1.83. The van der Waals surface area contributed by atoms with E-state index in [0.29, 0.717) is 24.7 Å². The normalized spacial score (nSPS) is 57.8. The van der Waals surface area contributed by atoms with Crippen LogP contribution < -0.4 is 0 Å². The number of fused-ring (bicyclic) bond motifs is 5. The van der Waals surface area contributed by atoms with E-state index in [0.717, 1.165) is 38.5 Å². The van der Waals surface area contributed by atoms with Crippen molar-refractivity contribution in [1.29, 1.82) is 0 Å². The molecule has 0 aromatic rings. The van der Waals surface area contributed by atoms with E-state index in [4.69, 9.17) is 0 Å². The summed E-state index contributed by atoms with van der Waals surface area (Å²) in [5.74, 6) is 1.29. The minimum absolute atomic E-state index is 0.0548. The van der Waals surface area contributed by atoms with Gasteiger partial charge < -0.3 is 25.5 Å². The highest BCUT2D eigenvalue weighted by atomic mass is 16.4. The second-order valence-corrected chi connectivity index (χ2v) is 10.4. The van der Waals surface area contributed by atoms with Gasteiger partial charge in [0.15, 0.2) is 0 Å². The Morgan fingerprint density at radius 3 is 2.46 bits per heavy atom. The topological polar surface area (TPSA) is 101 Å². The van der Waals surface area contributed by atoms with Crippen LogP contribution in [-0.4, -0.2) is 56.1 Å². The summed E-state index contributed by atoms with van der Waals surface area (Å²) in [6, 6.07) is 0. The Bertz CT molecular complexity index is 555. The zero-order valence-corrected chi connectivity index (χ0v) is 16.1. The van der Waals surface area contributed by atoms with Crippen molar-refractivity contribution in [3.63, 3.8) is 0 Å². The van der Waals surface area contributed by atoms with E-state index in [2.05, 4.69) is 6.92 Å². The third-order valence-electron chi connectivity index (χ3n) is 9.51. The second-order valence-electron chi connectivity index (χ2n) is 10.4. The van der Waals surface area contributed by atoms with Crippen molar-refractivity contribution >= 4 is 0 Å². The van der Waals surface area contributed by atoms with Gasteiger partial charge in [0.2, 0.25) is 0 Å². The van der Waals surface area contributed by atoms with Gasteiger partial charge in [0, 0.05) is 5.41 Å². The van der Waals surface area contributed by atoms with Gasteiger partial charge in [0.05, 0.1) is 24.4 Å². The van der Waals surface area contributed by atoms with Gasteiger partial charge in [-0.2, -0.15) is 0 Å². The minimum Gasteiger partial charge on any atom is -0.394 e. The summed E-state index contributed by atoms with van der Waals surface area (Å²) < 4.78 is 0. The number of aliphatic hydroxyl groups excluding tert-OH is 4. The molecule has 150 valence electrons. The summed E-state index contributed by atoms with van der Waals surface area (Å²) in [6.45, 7) is 3.89. The van der Waals surface area contributed by atoms with Gasteiger partial charge >= 0.3 is 0 Å². The summed E-state index contributed by atoms with van der Waals surface area (Å²) in [6.07, 6.45) is 4.70. The van der Waals surface area contributed by atoms with E-state index in [1.807, 2.05) is 6.92 Å². The lowest BCUT2D eigenvalue weighted by molar-refractivity contribution is -0.224. The molecule has 26 heavy (non-hydrogen) atoms. The first-order valence-corrected chi connectivity index (χ1v) is 10.5. The first kappa shape index (κ1) is 19.1. The second kappa shape index (κ2) is 6.15. The van der Waals surface area contributed by atoms with Gasteiger partial charge in [-0.1, -0.05) is 13.8 Å². The van der Waals surface area contributed by atoms with Crippen LogP contribution in [0.2, 0.25) is 0 Å². The van der Waals surface area contributed by atoms with Crippen molar-refractivity contribution in [2.75, 3.05) is 6.61 Å². The van der Waals surface area contributed by atoms with Crippen LogP contribution in [0, 0.1) is 34.5 Å². The molecule has 0 heterocycles. The Morgan fingerprint density at radius 2 is 1.77 bits per heavy atom. The fraction of sp³-hybridized carbons (Fsp3) is 1.00. The van der Waals surface area contributed by atoms with Crippen LogP contribution in [0.15, 0.2) is 0 Å². The molecule has 0 spiro atoms. The Morgan fingerprint density at radius 1 is 1.04 bits per heavy atom. The van der Waals surface area contributed by atoms with Gasteiger partial charge in [-0.15, -0.1) is 0 Å². The Hall–Kier alpha value is -0.200. The first-order valence-electron chi connectivity index (χ1n) is 10.5. The molecule has 4 fully saturated rings.